The highest BCUT2D eigenvalue weighted by molar-refractivity contribution is 6.06. The van der Waals surface area contributed by atoms with Crippen LogP contribution >= 0.6 is 0 Å². The average molecular weight is 376 g/mol. The van der Waals surface area contributed by atoms with E-state index in [0.717, 1.165) is 12.0 Å². The molecule has 0 aliphatic carbocycles. The molecule has 1 N–H and O–H groups in total. The zero-order valence-corrected chi connectivity index (χ0v) is 15.5. The highest BCUT2D eigenvalue weighted by Gasteiger charge is 2.23. The molecule has 1 aliphatic heterocycles. The first kappa shape index (κ1) is 17.9. The van der Waals surface area contributed by atoms with Crippen LogP contribution in [0.5, 0.6) is 5.75 Å². The predicted octanol–water partition coefficient (Wildman–Crippen LogP) is 3.74. The summed E-state index contributed by atoms with van der Waals surface area (Å²) in [6, 6.07) is 14.6. The Labute approximate surface area is 162 Å². The summed E-state index contributed by atoms with van der Waals surface area (Å²) in [5, 5.41) is 2.92. The van der Waals surface area contributed by atoms with Gasteiger partial charge in [0.15, 0.2) is 0 Å². The molecule has 0 fully saturated rings. The minimum absolute atomic E-state index is 0.0529. The van der Waals surface area contributed by atoms with E-state index in [-0.39, 0.29) is 11.8 Å². The summed E-state index contributed by atoms with van der Waals surface area (Å²) in [7, 11) is 1.54. The molecule has 0 radical (unpaired) electrons. The molecule has 2 aromatic carbocycles. The van der Waals surface area contributed by atoms with Crippen LogP contribution < -0.4 is 10.1 Å². The first-order valence-corrected chi connectivity index (χ1v) is 9.03. The zero-order chi connectivity index (χ0) is 19.5. The van der Waals surface area contributed by atoms with Gasteiger partial charge >= 0.3 is 0 Å². The molecule has 6 heteroatoms. The third kappa shape index (κ3) is 3.49. The molecule has 4 rings (SSSR count). The fourth-order valence-electron chi connectivity index (χ4n) is 3.41. The Kier molecular flexibility index (Phi) is 4.85. The van der Waals surface area contributed by atoms with Crippen molar-refractivity contribution in [1.29, 1.82) is 0 Å². The standard InChI is InChI=1S/C22H20N2O4/c1-27-20-5-3-2-4-19(20)21(25)23-18-7-6-15-8-10-24(13-17(15)12-18)22(26)16-9-11-28-14-16/h2-7,9,11-12,14H,8,10,13H2,1H3,(H,23,25). The average Bonchev–Trinajstić information content (AvgIpc) is 3.27. The number of nitrogens with zero attached hydrogens (tertiary/aromatic N) is 1. The molecule has 0 spiro atoms. The quantitative estimate of drug-likeness (QED) is 0.753. The number of anilines is 1. The number of furan rings is 1. The molecule has 0 unspecified atom stereocenters. The van der Waals surface area contributed by atoms with Crippen LogP contribution in [-0.2, 0) is 13.0 Å². The van der Waals surface area contributed by atoms with Crippen LogP contribution in [0.3, 0.4) is 0 Å². The van der Waals surface area contributed by atoms with Gasteiger partial charge in [0, 0.05) is 18.8 Å². The molecule has 2 amide bonds. The van der Waals surface area contributed by atoms with Gasteiger partial charge in [0.1, 0.15) is 12.0 Å². The third-order valence-corrected chi connectivity index (χ3v) is 4.88. The van der Waals surface area contributed by atoms with E-state index in [1.165, 1.54) is 25.2 Å². The maximum Gasteiger partial charge on any atom is 0.259 e. The van der Waals surface area contributed by atoms with E-state index < -0.39 is 0 Å². The molecule has 1 aromatic heterocycles. The van der Waals surface area contributed by atoms with Crippen molar-refractivity contribution < 1.29 is 18.7 Å². The highest BCUT2D eigenvalue weighted by atomic mass is 16.5. The largest absolute Gasteiger partial charge is 0.496 e. The van der Waals surface area contributed by atoms with Crippen molar-refractivity contribution in [3.63, 3.8) is 0 Å². The van der Waals surface area contributed by atoms with Gasteiger partial charge < -0.3 is 19.4 Å². The number of hydrogen-bond donors (Lipinski definition) is 1. The second-order valence-corrected chi connectivity index (χ2v) is 6.63. The summed E-state index contributed by atoms with van der Waals surface area (Å²) in [4.78, 5) is 27.0. The molecular weight excluding hydrogens is 356 g/mol. The van der Waals surface area contributed by atoms with E-state index in [1.54, 1.807) is 29.2 Å². The number of fused-ring (bicyclic) bond motifs is 1. The van der Waals surface area contributed by atoms with Crippen LogP contribution in [-0.4, -0.2) is 30.4 Å². The Hall–Kier alpha value is -3.54. The predicted molar refractivity (Wildman–Crippen MR) is 105 cm³/mol. The summed E-state index contributed by atoms with van der Waals surface area (Å²) in [6.07, 6.45) is 3.73. The number of methoxy groups -OCH3 is 1. The van der Waals surface area contributed by atoms with Crippen LogP contribution in [0, 0.1) is 0 Å². The summed E-state index contributed by atoms with van der Waals surface area (Å²) in [5.41, 5.74) is 3.92. The van der Waals surface area contributed by atoms with Crippen LogP contribution in [0.25, 0.3) is 0 Å². The molecule has 28 heavy (non-hydrogen) atoms. The van der Waals surface area contributed by atoms with Crippen LogP contribution in [0.1, 0.15) is 31.8 Å². The highest BCUT2D eigenvalue weighted by Crippen LogP contribution is 2.25. The van der Waals surface area contributed by atoms with Gasteiger partial charge in [-0.25, -0.2) is 0 Å². The first-order valence-electron chi connectivity index (χ1n) is 9.03. The van der Waals surface area contributed by atoms with Gasteiger partial charge in [0.25, 0.3) is 11.8 Å². The monoisotopic (exact) mass is 376 g/mol. The van der Waals surface area contributed by atoms with Crippen LogP contribution in [0.15, 0.2) is 65.5 Å². The normalized spacial score (nSPS) is 13.0. The summed E-state index contributed by atoms with van der Waals surface area (Å²) >= 11 is 0. The molecule has 142 valence electrons. The number of nitrogens with one attached hydrogen (secondary N) is 1. The van der Waals surface area contributed by atoms with Crippen molar-refractivity contribution in [2.75, 3.05) is 19.0 Å². The van der Waals surface area contributed by atoms with Gasteiger partial charge in [0.2, 0.25) is 0 Å². The van der Waals surface area contributed by atoms with Crippen LogP contribution in [0.4, 0.5) is 5.69 Å². The van der Waals surface area contributed by atoms with E-state index in [9.17, 15) is 9.59 Å². The lowest BCUT2D eigenvalue weighted by molar-refractivity contribution is 0.0733. The number of para-hydroxylation sites is 1. The van der Waals surface area contributed by atoms with Crippen molar-refractivity contribution in [2.24, 2.45) is 0 Å². The number of carbonyl (C=O) groups is 2. The Morgan fingerprint density at radius 1 is 1.11 bits per heavy atom. The van der Waals surface area contributed by atoms with Crippen molar-refractivity contribution in [3.8, 4) is 5.75 Å². The SMILES string of the molecule is COc1ccccc1C(=O)Nc1ccc2c(c1)CN(C(=O)c1ccoc1)CC2. The lowest BCUT2D eigenvalue weighted by Crippen LogP contribution is -2.35. The lowest BCUT2D eigenvalue weighted by Gasteiger charge is -2.29. The Morgan fingerprint density at radius 3 is 2.75 bits per heavy atom. The molecule has 6 nitrogen and oxygen atoms in total. The number of carbonyl (C=O) groups excluding carboxylic acids is 2. The minimum atomic E-state index is -0.237. The molecule has 0 saturated carbocycles. The lowest BCUT2D eigenvalue weighted by atomic mass is 9.98. The summed E-state index contributed by atoms with van der Waals surface area (Å²) in [6.45, 7) is 1.15. The van der Waals surface area contributed by atoms with Gasteiger partial charge in [-0.2, -0.15) is 0 Å². The molecule has 0 bridgehead atoms. The molecule has 1 aliphatic rings. The van der Waals surface area contributed by atoms with E-state index in [2.05, 4.69) is 5.32 Å². The van der Waals surface area contributed by atoms with E-state index in [1.807, 2.05) is 24.3 Å². The fourth-order valence-corrected chi connectivity index (χ4v) is 3.41. The van der Waals surface area contributed by atoms with Gasteiger partial charge in [-0.05, 0) is 47.9 Å². The van der Waals surface area contributed by atoms with Crippen molar-refractivity contribution in [2.45, 2.75) is 13.0 Å². The Balaban J connectivity index is 1.52. The van der Waals surface area contributed by atoms with E-state index >= 15 is 0 Å². The Morgan fingerprint density at radius 2 is 1.96 bits per heavy atom. The van der Waals surface area contributed by atoms with Crippen molar-refractivity contribution in [3.05, 3.63) is 83.3 Å². The second kappa shape index (κ2) is 7.60. The smallest absolute Gasteiger partial charge is 0.259 e. The Bertz CT molecular complexity index is 1010. The molecule has 3 aromatic rings. The number of ether oxygens (including phenoxy) is 1. The van der Waals surface area contributed by atoms with Gasteiger partial charge in [-0.1, -0.05) is 18.2 Å². The van der Waals surface area contributed by atoms with Gasteiger partial charge in [0.05, 0.1) is 24.5 Å². The topological polar surface area (TPSA) is 71.8 Å². The number of hydrogen-bond acceptors (Lipinski definition) is 4. The zero-order valence-electron chi connectivity index (χ0n) is 15.5. The second-order valence-electron chi connectivity index (χ2n) is 6.63. The maximum absolute atomic E-state index is 12.6. The molecule has 0 saturated heterocycles. The third-order valence-electron chi connectivity index (χ3n) is 4.88. The molecular formula is C22H20N2O4. The van der Waals surface area contributed by atoms with Crippen LogP contribution in [0.2, 0.25) is 0 Å². The number of amides is 2. The van der Waals surface area contributed by atoms with Gasteiger partial charge in [-0.3, -0.25) is 9.59 Å². The molecule has 2 heterocycles. The molecule has 0 atom stereocenters. The first-order chi connectivity index (χ1) is 13.7. The minimum Gasteiger partial charge on any atom is -0.496 e. The number of benzene rings is 2. The fraction of sp³-hybridized carbons (Fsp3) is 0.182. The summed E-state index contributed by atoms with van der Waals surface area (Å²) in [5.74, 6) is 0.234. The van der Waals surface area contributed by atoms with Crippen molar-refractivity contribution >= 4 is 17.5 Å². The number of rotatable bonds is 4. The maximum atomic E-state index is 12.6. The van der Waals surface area contributed by atoms with E-state index in [0.29, 0.717) is 35.7 Å². The van der Waals surface area contributed by atoms with Gasteiger partial charge in [-0.15, -0.1) is 0 Å². The summed E-state index contributed by atoms with van der Waals surface area (Å²) < 4.78 is 10.3. The van der Waals surface area contributed by atoms with Crippen molar-refractivity contribution in [1.82, 2.24) is 4.90 Å². The van der Waals surface area contributed by atoms with E-state index in [4.69, 9.17) is 9.15 Å².